The van der Waals surface area contributed by atoms with Crippen LogP contribution in [0.3, 0.4) is 0 Å². The lowest BCUT2D eigenvalue weighted by Crippen LogP contribution is -2.40. The van der Waals surface area contributed by atoms with Crippen molar-refractivity contribution in [2.24, 2.45) is 4.99 Å². The second kappa shape index (κ2) is 11.3. The zero-order chi connectivity index (χ0) is 28.6. The lowest BCUT2D eigenvalue weighted by atomic mass is 9.96. The largest absolute Gasteiger partial charge is 0.465 e. The Hall–Kier alpha value is -3.92. The molecular weight excluding hydrogens is 575 g/mol. The molecule has 1 unspecified atom stereocenters. The van der Waals surface area contributed by atoms with Gasteiger partial charge in [0.25, 0.3) is 5.56 Å². The summed E-state index contributed by atoms with van der Waals surface area (Å²) in [4.78, 5) is 43.8. The Morgan fingerprint density at radius 1 is 1.10 bits per heavy atom. The maximum Gasteiger partial charge on any atom is 0.339 e. The van der Waals surface area contributed by atoms with Crippen molar-refractivity contribution in [3.05, 3.63) is 112 Å². The summed E-state index contributed by atoms with van der Waals surface area (Å²) in [5.41, 5.74) is 1.73. The monoisotopic (exact) mass is 596 g/mol. The van der Waals surface area contributed by atoms with Gasteiger partial charge in [0.2, 0.25) is 0 Å². The van der Waals surface area contributed by atoms with Gasteiger partial charge in [-0.05, 0) is 55.8 Å². The molecule has 40 heavy (non-hydrogen) atoms. The molecule has 8 nitrogen and oxygen atoms in total. The van der Waals surface area contributed by atoms with Crippen LogP contribution >= 0.6 is 34.5 Å². The molecule has 5 rings (SSSR count). The smallest absolute Gasteiger partial charge is 0.339 e. The van der Waals surface area contributed by atoms with E-state index in [1.54, 1.807) is 74.5 Å². The molecule has 11 heteroatoms. The number of aromatic nitrogens is 1. The maximum absolute atomic E-state index is 13.8. The Morgan fingerprint density at radius 3 is 2.60 bits per heavy atom. The number of rotatable bonds is 6. The van der Waals surface area contributed by atoms with E-state index in [2.05, 4.69) is 4.99 Å². The van der Waals surface area contributed by atoms with E-state index in [0.29, 0.717) is 42.7 Å². The highest BCUT2D eigenvalue weighted by Crippen LogP contribution is 2.34. The topological polar surface area (TPSA) is 100 Å². The Labute approximate surface area is 242 Å². The molecule has 2 aromatic heterocycles. The normalized spacial score (nSPS) is 15.0. The van der Waals surface area contributed by atoms with Crippen LogP contribution in [0, 0.1) is 0 Å². The molecule has 0 N–H and O–H groups in total. The predicted molar refractivity (Wildman–Crippen MR) is 152 cm³/mol. The Kier molecular flexibility index (Phi) is 7.80. The van der Waals surface area contributed by atoms with E-state index in [1.807, 2.05) is 0 Å². The molecule has 3 heterocycles. The van der Waals surface area contributed by atoms with E-state index >= 15 is 0 Å². The van der Waals surface area contributed by atoms with Gasteiger partial charge >= 0.3 is 11.9 Å². The summed E-state index contributed by atoms with van der Waals surface area (Å²) >= 11 is 13.8. The number of thiazole rings is 1. The molecule has 0 bridgehead atoms. The van der Waals surface area contributed by atoms with Crippen molar-refractivity contribution in [1.82, 2.24) is 4.57 Å². The highest BCUT2D eigenvalue weighted by molar-refractivity contribution is 7.07. The predicted octanol–water partition coefficient (Wildman–Crippen LogP) is 5.15. The van der Waals surface area contributed by atoms with Crippen LogP contribution < -0.4 is 14.9 Å². The first kappa shape index (κ1) is 27.6. The van der Waals surface area contributed by atoms with Crippen LogP contribution in [-0.2, 0) is 14.3 Å². The van der Waals surface area contributed by atoms with Crippen LogP contribution in [0.25, 0.3) is 17.4 Å². The fraction of sp³-hybridized carbons (Fsp3) is 0.172. The third-order valence-electron chi connectivity index (χ3n) is 6.27. The molecule has 0 aliphatic carbocycles. The number of ether oxygens (including phenoxy) is 2. The Balaban J connectivity index is 1.61. The fourth-order valence-electron chi connectivity index (χ4n) is 4.44. The van der Waals surface area contributed by atoms with Gasteiger partial charge in [-0.25, -0.2) is 14.6 Å². The number of fused-ring (bicyclic) bond motifs is 1. The molecule has 1 aliphatic heterocycles. The van der Waals surface area contributed by atoms with Crippen molar-refractivity contribution in [2.45, 2.75) is 19.9 Å². The number of benzene rings is 2. The molecule has 0 amide bonds. The number of halogens is 2. The van der Waals surface area contributed by atoms with Crippen LogP contribution in [0.1, 0.15) is 41.6 Å². The summed E-state index contributed by atoms with van der Waals surface area (Å²) in [5, 5.41) is 0.664. The number of hydrogen-bond acceptors (Lipinski definition) is 8. The summed E-state index contributed by atoms with van der Waals surface area (Å²) in [6, 6.07) is 14.5. The van der Waals surface area contributed by atoms with Gasteiger partial charge in [0.1, 0.15) is 17.6 Å². The summed E-state index contributed by atoms with van der Waals surface area (Å²) in [6.45, 7) is 3.59. The summed E-state index contributed by atoms with van der Waals surface area (Å²) in [6.07, 6.45) is 1.61. The van der Waals surface area contributed by atoms with Gasteiger partial charge in [0.15, 0.2) is 4.80 Å². The van der Waals surface area contributed by atoms with Gasteiger partial charge in [0, 0.05) is 16.7 Å². The van der Waals surface area contributed by atoms with Gasteiger partial charge in [-0.2, -0.15) is 0 Å². The number of nitrogens with zero attached hydrogens (tertiary/aromatic N) is 2. The average molecular weight is 597 g/mol. The van der Waals surface area contributed by atoms with Crippen molar-refractivity contribution in [2.75, 3.05) is 13.7 Å². The number of carbonyl (C=O) groups excluding carboxylic acids is 2. The first-order chi connectivity index (χ1) is 19.2. The van der Waals surface area contributed by atoms with Gasteiger partial charge in [-0.3, -0.25) is 9.36 Å². The third kappa shape index (κ3) is 5.03. The lowest BCUT2D eigenvalue weighted by Gasteiger charge is -2.25. The number of esters is 2. The zero-order valence-electron chi connectivity index (χ0n) is 21.6. The van der Waals surface area contributed by atoms with Gasteiger partial charge in [-0.15, -0.1) is 0 Å². The summed E-state index contributed by atoms with van der Waals surface area (Å²) < 4.78 is 17.9. The quantitative estimate of drug-likeness (QED) is 0.285. The molecule has 0 radical (unpaired) electrons. The van der Waals surface area contributed by atoms with Crippen molar-refractivity contribution in [3.8, 4) is 11.3 Å². The number of methoxy groups -OCH3 is 1. The molecule has 1 aliphatic rings. The second-order valence-electron chi connectivity index (χ2n) is 8.71. The van der Waals surface area contributed by atoms with E-state index in [-0.39, 0.29) is 28.3 Å². The van der Waals surface area contributed by atoms with Crippen molar-refractivity contribution < 1.29 is 23.5 Å². The van der Waals surface area contributed by atoms with E-state index in [9.17, 15) is 14.4 Å². The zero-order valence-corrected chi connectivity index (χ0v) is 23.9. The minimum absolute atomic E-state index is 0.171. The molecule has 0 saturated heterocycles. The van der Waals surface area contributed by atoms with E-state index in [1.165, 1.54) is 23.0 Å². The van der Waals surface area contributed by atoms with Crippen LogP contribution in [-0.4, -0.2) is 30.2 Å². The highest BCUT2D eigenvalue weighted by Gasteiger charge is 2.34. The molecule has 0 spiro atoms. The van der Waals surface area contributed by atoms with E-state index in [4.69, 9.17) is 37.1 Å². The standard InChI is InChI=1S/C29H22Cl2N2O6S/c1-4-38-28(36)24-15(2)32-29-33(25(24)18-7-5-6-8-20(18)30)26(34)23(40-29)14-17-10-12-22(39-17)16-9-11-21(31)19(13-16)27(35)37-3/h5-14,25H,4H2,1-3H3/b23-14-. The van der Waals surface area contributed by atoms with Gasteiger partial charge in [0.05, 0.1) is 40.1 Å². The minimum Gasteiger partial charge on any atom is -0.465 e. The van der Waals surface area contributed by atoms with E-state index < -0.39 is 18.0 Å². The molecule has 0 saturated carbocycles. The molecule has 0 fully saturated rings. The molecular formula is C29H22Cl2N2O6S. The molecule has 2 aromatic carbocycles. The Morgan fingerprint density at radius 2 is 1.88 bits per heavy atom. The van der Waals surface area contributed by atoms with Crippen LogP contribution in [0.5, 0.6) is 0 Å². The van der Waals surface area contributed by atoms with Crippen LogP contribution in [0.15, 0.2) is 80.1 Å². The second-order valence-corrected chi connectivity index (χ2v) is 10.5. The van der Waals surface area contributed by atoms with Crippen LogP contribution in [0.4, 0.5) is 0 Å². The van der Waals surface area contributed by atoms with Crippen molar-refractivity contribution in [1.29, 1.82) is 0 Å². The maximum atomic E-state index is 13.8. The number of furan rings is 1. The average Bonchev–Trinajstić information content (AvgIpc) is 3.52. The van der Waals surface area contributed by atoms with Gasteiger partial charge < -0.3 is 13.9 Å². The van der Waals surface area contributed by atoms with Gasteiger partial charge in [-0.1, -0.05) is 52.7 Å². The molecule has 4 aromatic rings. The minimum atomic E-state index is -0.816. The van der Waals surface area contributed by atoms with Crippen molar-refractivity contribution in [3.63, 3.8) is 0 Å². The number of hydrogen-bond donors (Lipinski definition) is 0. The number of carbonyl (C=O) groups is 2. The lowest BCUT2D eigenvalue weighted by molar-refractivity contribution is -0.139. The highest BCUT2D eigenvalue weighted by atomic mass is 35.5. The number of allylic oxidation sites excluding steroid dienone is 1. The van der Waals surface area contributed by atoms with Crippen molar-refractivity contribution >= 4 is 52.6 Å². The summed E-state index contributed by atoms with van der Waals surface area (Å²) in [7, 11) is 1.28. The molecule has 204 valence electrons. The molecule has 1 atom stereocenters. The van der Waals surface area contributed by atoms with Crippen LogP contribution in [0.2, 0.25) is 10.0 Å². The Bertz CT molecular complexity index is 1870. The first-order valence-electron chi connectivity index (χ1n) is 12.2. The fourth-order valence-corrected chi connectivity index (χ4v) is 5.90. The third-order valence-corrected chi connectivity index (χ3v) is 7.93. The summed E-state index contributed by atoms with van der Waals surface area (Å²) in [5.74, 6) is -0.251. The first-order valence-corrected chi connectivity index (χ1v) is 13.7. The van der Waals surface area contributed by atoms with E-state index in [0.717, 1.165) is 0 Å². The SMILES string of the molecule is CCOC(=O)C1=C(C)N=c2s/c(=C\c3ccc(-c4ccc(Cl)c(C(=O)OC)c4)o3)c(=O)n2C1c1ccccc1Cl.